The summed E-state index contributed by atoms with van der Waals surface area (Å²) in [5.41, 5.74) is 4.37. The Morgan fingerprint density at radius 1 is 1.32 bits per heavy atom. The largest absolute Gasteiger partial charge is 0.361 e. The summed E-state index contributed by atoms with van der Waals surface area (Å²) in [4.78, 5) is 26.6. The van der Waals surface area contributed by atoms with Crippen LogP contribution in [0.15, 0.2) is 10.7 Å². The molecule has 2 aliphatic rings. The maximum absolute atomic E-state index is 12.8. The fourth-order valence-electron chi connectivity index (χ4n) is 4.33. The Hall–Kier alpha value is -2.28. The Morgan fingerprint density at radius 2 is 2.18 bits per heavy atom. The van der Waals surface area contributed by atoms with Crippen molar-refractivity contribution in [1.82, 2.24) is 24.9 Å². The van der Waals surface area contributed by atoms with Crippen molar-refractivity contribution in [2.45, 2.75) is 58.4 Å². The topological polar surface area (TPSA) is 75.4 Å². The van der Waals surface area contributed by atoms with Crippen LogP contribution in [0.3, 0.4) is 0 Å². The van der Waals surface area contributed by atoms with E-state index in [0.717, 1.165) is 68.3 Å². The molecule has 2 aliphatic heterocycles. The van der Waals surface area contributed by atoms with Gasteiger partial charge in [0.25, 0.3) is 0 Å². The number of hydrogen-bond donors (Lipinski definition) is 0. The number of carbonyl (C=O) groups is 1. The van der Waals surface area contributed by atoms with E-state index >= 15 is 0 Å². The molecule has 1 amide bonds. The summed E-state index contributed by atoms with van der Waals surface area (Å²) in [6, 6.07) is 0. The van der Waals surface area contributed by atoms with Crippen LogP contribution in [-0.2, 0) is 24.2 Å². The van der Waals surface area contributed by atoms with Gasteiger partial charge in [0.15, 0.2) is 0 Å². The zero-order valence-corrected chi connectivity index (χ0v) is 17.1. The van der Waals surface area contributed by atoms with Crippen LogP contribution in [0.2, 0.25) is 0 Å². The molecule has 7 nitrogen and oxygen atoms in total. The number of rotatable bonds is 4. The van der Waals surface area contributed by atoms with Crippen molar-refractivity contribution in [2.75, 3.05) is 26.7 Å². The second-order valence-corrected chi connectivity index (χ2v) is 8.17. The van der Waals surface area contributed by atoms with Gasteiger partial charge in [0.05, 0.1) is 5.69 Å². The predicted octanol–water partition coefficient (Wildman–Crippen LogP) is 2.41. The first-order valence-electron chi connectivity index (χ1n) is 10.2. The van der Waals surface area contributed by atoms with Crippen molar-refractivity contribution in [3.8, 4) is 0 Å². The molecule has 0 radical (unpaired) electrons. The average Bonchev–Trinajstić information content (AvgIpc) is 3.03. The van der Waals surface area contributed by atoms with Crippen LogP contribution in [-0.4, -0.2) is 57.5 Å². The van der Waals surface area contributed by atoms with Crippen LogP contribution in [0.1, 0.15) is 59.3 Å². The molecule has 0 aromatic carbocycles. The number of aromatic nitrogens is 3. The maximum Gasteiger partial charge on any atom is 0.222 e. The Labute approximate surface area is 166 Å². The van der Waals surface area contributed by atoms with Gasteiger partial charge in [-0.15, -0.1) is 0 Å². The third-order valence-corrected chi connectivity index (χ3v) is 6.05. The second-order valence-electron chi connectivity index (χ2n) is 8.17. The van der Waals surface area contributed by atoms with E-state index in [0.29, 0.717) is 12.8 Å². The van der Waals surface area contributed by atoms with Gasteiger partial charge in [0.1, 0.15) is 11.6 Å². The summed E-state index contributed by atoms with van der Waals surface area (Å²) >= 11 is 0. The van der Waals surface area contributed by atoms with Crippen molar-refractivity contribution in [3.63, 3.8) is 0 Å². The van der Waals surface area contributed by atoms with Crippen molar-refractivity contribution >= 4 is 5.91 Å². The lowest BCUT2D eigenvalue weighted by Gasteiger charge is -2.33. The molecule has 28 heavy (non-hydrogen) atoms. The summed E-state index contributed by atoms with van der Waals surface area (Å²) < 4.78 is 5.21. The molecule has 0 aliphatic carbocycles. The van der Waals surface area contributed by atoms with Crippen molar-refractivity contribution in [3.05, 3.63) is 40.3 Å². The SMILES string of the molecule is Cc1noc(C)c1CCC(=O)N1CCCC(c2ncc3c(n2)CCN(C)C3)C1. The van der Waals surface area contributed by atoms with Gasteiger partial charge in [0.2, 0.25) is 5.91 Å². The van der Waals surface area contributed by atoms with Gasteiger partial charge in [-0.2, -0.15) is 0 Å². The first-order chi connectivity index (χ1) is 13.5. The standard InChI is InChI=1S/C21H29N5O2/c1-14-18(15(2)28-24-14)6-7-20(27)26-9-4-5-16(13-26)21-22-11-17-12-25(3)10-8-19(17)23-21/h11,16H,4-10,12-13H2,1-3H3. The van der Waals surface area contributed by atoms with E-state index in [-0.39, 0.29) is 11.8 Å². The van der Waals surface area contributed by atoms with Gasteiger partial charge in [-0.05, 0) is 40.2 Å². The van der Waals surface area contributed by atoms with Crippen LogP contribution in [0.4, 0.5) is 0 Å². The lowest BCUT2D eigenvalue weighted by Crippen LogP contribution is -2.40. The molecule has 0 saturated carbocycles. The number of fused-ring (bicyclic) bond motifs is 1. The van der Waals surface area contributed by atoms with Gasteiger partial charge < -0.3 is 14.3 Å². The van der Waals surface area contributed by atoms with Crippen molar-refractivity contribution in [1.29, 1.82) is 0 Å². The zero-order valence-electron chi connectivity index (χ0n) is 17.1. The van der Waals surface area contributed by atoms with Crippen LogP contribution in [0.5, 0.6) is 0 Å². The summed E-state index contributed by atoms with van der Waals surface area (Å²) in [5, 5.41) is 3.98. The van der Waals surface area contributed by atoms with E-state index in [2.05, 4.69) is 22.1 Å². The molecular formula is C21H29N5O2. The molecule has 1 unspecified atom stereocenters. The second kappa shape index (κ2) is 7.99. The molecule has 1 saturated heterocycles. The molecule has 7 heteroatoms. The van der Waals surface area contributed by atoms with Crippen LogP contribution < -0.4 is 0 Å². The van der Waals surface area contributed by atoms with Gasteiger partial charge in [0, 0.05) is 68.0 Å². The van der Waals surface area contributed by atoms with Crippen LogP contribution in [0.25, 0.3) is 0 Å². The Kier molecular flexibility index (Phi) is 5.44. The molecule has 4 rings (SSSR count). The number of likely N-dealkylation sites (N-methyl/N-ethyl adjacent to an activating group) is 1. The van der Waals surface area contributed by atoms with E-state index < -0.39 is 0 Å². The highest BCUT2D eigenvalue weighted by molar-refractivity contribution is 5.76. The van der Waals surface area contributed by atoms with E-state index in [9.17, 15) is 4.79 Å². The molecule has 1 atom stereocenters. The zero-order chi connectivity index (χ0) is 19.7. The lowest BCUT2D eigenvalue weighted by atomic mass is 9.96. The molecule has 4 heterocycles. The number of aryl methyl sites for hydroxylation is 2. The van der Waals surface area contributed by atoms with Crippen LogP contribution >= 0.6 is 0 Å². The van der Waals surface area contributed by atoms with Gasteiger partial charge in [-0.25, -0.2) is 9.97 Å². The normalized spacial score (nSPS) is 20.2. The fourth-order valence-corrected chi connectivity index (χ4v) is 4.33. The summed E-state index contributed by atoms with van der Waals surface area (Å²) in [6.45, 7) is 7.35. The van der Waals surface area contributed by atoms with Gasteiger partial charge in [-0.3, -0.25) is 4.79 Å². The first-order valence-corrected chi connectivity index (χ1v) is 10.2. The monoisotopic (exact) mass is 383 g/mol. The average molecular weight is 383 g/mol. The lowest BCUT2D eigenvalue weighted by molar-refractivity contribution is -0.132. The van der Waals surface area contributed by atoms with Crippen molar-refractivity contribution in [2.24, 2.45) is 0 Å². The number of piperidine rings is 1. The van der Waals surface area contributed by atoms with Crippen LogP contribution in [0, 0.1) is 13.8 Å². The Bertz CT molecular complexity index is 843. The van der Waals surface area contributed by atoms with E-state index in [1.165, 1.54) is 11.3 Å². The van der Waals surface area contributed by atoms with Crippen molar-refractivity contribution < 1.29 is 9.32 Å². The number of nitrogens with zero attached hydrogens (tertiary/aromatic N) is 5. The minimum absolute atomic E-state index is 0.198. The maximum atomic E-state index is 12.8. The predicted molar refractivity (Wildman–Crippen MR) is 105 cm³/mol. The minimum atomic E-state index is 0.198. The quantitative estimate of drug-likeness (QED) is 0.807. The molecule has 150 valence electrons. The minimum Gasteiger partial charge on any atom is -0.361 e. The summed E-state index contributed by atoms with van der Waals surface area (Å²) in [6.07, 6.45) is 6.20. The van der Waals surface area contributed by atoms with Gasteiger partial charge in [-0.1, -0.05) is 5.16 Å². The third-order valence-electron chi connectivity index (χ3n) is 6.05. The highest BCUT2D eigenvalue weighted by atomic mass is 16.5. The molecular weight excluding hydrogens is 354 g/mol. The summed E-state index contributed by atoms with van der Waals surface area (Å²) in [5.74, 6) is 2.16. The molecule has 2 aromatic heterocycles. The number of carbonyl (C=O) groups excluding carboxylic acids is 1. The number of amides is 1. The first kappa shape index (κ1) is 19.1. The molecule has 0 spiro atoms. The molecule has 0 N–H and O–H groups in total. The molecule has 2 aromatic rings. The number of hydrogen-bond acceptors (Lipinski definition) is 6. The fraction of sp³-hybridized carbons (Fsp3) is 0.619. The highest BCUT2D eigenvalue weighted by Gasteiger charge is 2.27. The van der Waals surface area contributed by atoms with Gasteiger partial charge >= 0.3 is 0 Å². The van der Waals surface area contributed by atoms with E-state index in [4.69, 9.17) is 9.51 Å². The Balaban J connectivity index is 1.39. The summed E-state index contributed by atoms with van der Waals surface area (Å²) in [7, 11) is 2.13. The molecule has 0 bridgehead atoms. The van der Waals surface area contributed by atoms with E-state index in [1.807, 2.05) is 24.9 Å². The smallest absolute Gasteiger partial charge is 0.222 e. The number of likely N-dealkylation sites (tertiary alicyclic amines) is 1. The molecule has 1 fully saturated rings. The van der Waals surface area contributed by atoms with E-state index in [1.54, 1.807) is 0 Å². The Morgan fingerprint density at radius 3 is 2.96 bits per heavy atom. The highest BCUT2D eigenvalue weighted by Crippen LogP contribution is 2.27. The third kappa shape index (κ3) is 3.94.